The van der Waals surface area contributed by atoms with E-state index in [-0.39, 0.29) is 13.2 Å². The summed E-state index contributed by atoms with van der Waals surface area (Å²) in [5.74, 6) is 1.14. The van der Waals surface area contributed by atoms with Crippen LogP contribution in [-0.4, -0.2) is 77.9 Å². The fourth-order valence-corrected chi connectivity index (χ4v) is 3.48. The van der Waals surface area contributed by atoms with Crippen molar-refractivity contribution in [3.63, 3.8) is 0 Å². The van der Waals surface area contributed by atoms with E-state index in [2.05, 4.69) is 29.5 Å². The highest BCUT2D eigenvalue weighted by Gasteiger charge is 2.50. The van der Waals surface area contributed by atoms with Gasteiger partial charge in [0.1, 0.15) is 24.6 Å². The van der Waals surface area contributed by atoms with Gasteiger partial charge in [0, 0.05) is 18.6 Å². The average Bonchev–Trinajstić information content (AvgIpc) is 3.04. The molecule has 10 heteroatoms. The SMILES string of the molecule is CC(C)CCN=C1NC2C(C(=O)NC(=O)N2C)N1CC(O)COc1ccc(Cl)cc1. The number of guanidine groups is 1. The van der Waals surface area contributed by atoms with E-state index < -0.39 is 30.2 Å². The molecule has 3 amide bonds. The second-order valence-corrected chi connectivity index (χ2v) is 8.33. The van der Waals surface area contributed by atoms with Gasteiger partial charge < -0.3 is 25.0 Å². The number of benzene rings is 1. The number of halogens is 1. The summed E-state index contributed by atoms with van der Waals surface area (Å²) >= 11 is 5.87. The van der Waals surface area contributed by atoms with Crippen LogP contribution >= 0.6 is 11.6 Å². The molecule has 1 aromatic rings. The van der Waals surface area contributed by atoms with Crippen molar-refractivity contribution in [1.29, 1.82) is 0 Å². The van der Waals surface area contributed by atoms with E-state index >= 15 is 0 Å². The van der Waals surface area contributed by atoms with Crippen molar-refractivity contribution in [1.82, 2.24) is 20.4 Å². The van der Waals surface area contributed by atoms with Gasteiger partial charge in [-0.3, -0.25) is 15.1 Å². The molecule has 3 N–H and O–H groups in total. The van der Waals surface area contributed by atoms with E-state index in [4.69, 9.17) is 16.3 Å². The number of aliphatic hydroxyl groups is 1. The molecule has 2 heterocycles. The molecule has 3 rings (SSSR count). The summed E-state index contributed by atoms with van der Waals surface area (Å²) < 4.78 is 5.62. The lowest BCUT2D eigenvalue weighted by molar-refractivity contribution is -0.127. The van der Waals surface area contributed by atoms with Gasteiger partial charge in [-0.25, -0.2) is 4.79 Å². The van der Waals surface area contributed by atoms with Gasteiger partial charge in [-0.2, -0.15) is 0 Å². The third kappa shape index (κ3) is 5.14. The van der Waals surface area contributed by atoms with Crippen molar-refractivity contribution < 1.29 is 19.4 Å². The zero-order chi connectivity index (χ0) is 21.8. The number of carbonyl (C=O) groups excluding carboxylic acids is 2. The first-order valence-corrected chi connectivity index (χ1v) is 10.4. The Morgan fingerprint density at radius 1 is 1.27 bits per heavy atom. The number of carbonyl (C=O) groups is 2. The van der Waals surface area contributed by atoms with Crippen LogP contribution in [0.4, 0.5) is 4.79 Å². The Kier molecular flexibility index (Phi) is 7.04. The lowest BCUT2D eigenvalue weighted by atomic mass is 10.1. The Hall–Kier alpha value is -2.52. The molecule has 3 unspecified atom stereocenters. The summed E-state index contributed by atoms with van der Waals surface area (Å²) in [6.45, 7) is 4.95. The number of amides is 3. The molecule has 2 fully saturated rings. The number of imide groups is 1. The molecule has 0 aromatic heterocycles. The van der Waals surface area contributed by atoms with Crippen molar-refractivity contribution in [3.8, 4) is 5.75 Å². The second-order valence-electron chi connectivity index (χ2n) is 7.90. The third-order valence-corrected chi connectivity index (χ3v) is 5.30. The van der Waals surface area contributed by atoms with Crippen molar-refractivity contribution in [3.05, 3.63) is 29.3 Å². The minimum atomic E-state index is -0.882. The number of hydrogen-bond acceptors (Lipinski definition) is 5. The van der Waals surface area contributed by atoms with Crippen molar-refractivity contribution in [2.45, 2.75) is 38.6 Å². The number of likely N-dealkylation sites (N-methyl/N-ethyl adjacent to an activating group) is 1. The number of aliphatic hydroxyl groups excluding tert-OH is 1. The van der Waals surface area contributed by atoms with Crippen LogP contribution in [0.25, 0.3) is 0 Å². The van der Waals surface area contributed by atoms with E-state index in [1.807, 2.05) is 0 Å². The van der Waals surface area contributed by atoms with E-state index in [0.29, 0.717) is 29.2 Å². The maximum atomic E-state index is 12.5. The number of ether oxygens (including phenoxy) is 1. The van der Waals surface area contributed by atoms with E-state index in [1.54, 1.807) is 36.2 Å². The van der Waals surface area contributed by atoms with Crippen LogP contribution in [0.2, 0.25) is 5.02 Å². The lowest BCUT2D eigenvalue weighted by Gasteiger charge is -2.35. The molecule has 0 bridgehead atoms. The number of aliphatic imine (C=N–C) groups is 1. The highest BCUT2D eigenvalue weighted by molar-refractivity contribution is 6.30. The summed E-state index contributed by atoms with van der Waals surface area (Å²) in [6, 6.07) is 5.69. The van der Waals surface area contributed by atoms with Crippen LogP contribution in [-0.2, 0) is 4.79 Å². The highest BCUT2D eigenvalue weighted by atomic mass is 35.5. The first-order valence-electron chi connectivity index (χ1n) is 9.98. The van der Waals surface area contributed by atoms with Crippen LogP contribution in [0, 0.1) is 5.92 Å². The Bertz CT molecular complexity index is 801. The molecule has 0 spiro atoms. The Morgan fingerprint density at radius 2 is 1.97 bits per heavy atom. The van der Waals surface area contributed by atoms with Crippen LogP contribution < -0.4 is 15.4 Å². The van der Waals surface area contributed by atoms with Gasteiger partial charge in [0.25, 0.3) is 5.91 Å². The number of rotatable bonds is 8. The Labute approximate surface area is 181 Å². The summed E-state index contributed by atoms with van der Waals surface area (Å²) in [5, 5.41) is 16.7. The summed E-state index contributed by atoms with van der Waals surface area (Å²) in [5.41, 5.74) is 0. The molecule has 164 valence electrons. The first kappa shape index (κ1) is 22.2. The minimum Gasteiger partial charge on any atom is -0.491 e. The van der Waals surface area contributed by atoms with E-state index in [1.165, 1.54) is 4.90 Å². The highest BCUT2D eigenvalue weighted by Crippen LogP contribution is 2.21. The molecule has 0 aliphatic carbocycles. The summed E-state index contributed by atoms with van der Waals surface area (Å²) in [4.78, 5) is 32.3. The quantitative estimate of drug-likeness (QED) is 0.565. The molecule has 0 radical (unpaired) electrons. The molecule has 2 saturated heterocycles. The van der Waals surface area contributed by atoms with Gasteiger partial charge in [0.05, 0.1) is 6.54 Å². The Balaban J connectivity index is 1.70. The number of fused-ring (bicyclic) bond motifs is 1. The normalized spacial score (nSPS) is 23.5. The van der Waals surface area contributed by atoms with Crippen LogP contribution in [0.3, 0.4) is 0 Å². The first-order chi connectivity index (χ1) is 14.3. The van der Waals surface area contributed by atoms with Gasteiger partial charge >= 0.3 is 6.03 Å². The monoisotopic (exact) mass is 437 g/mol. The van der Waals surface area contributed by atoms with Crippen molar-refractivity contribution in [2.24, 2.45) is 10.9 Å². The fourth-order valence-electron chi connectivity index (χ4n) is 3.35. The maximum Gasteiger partial charge on any atom is 0.325 e. The van der Waals surface area contributed by atoms with Crippen LogP contribution in [0.15, 0.2) is 29.3 Å². The van der Waals surface area contributed by atoms with E-state index in [9.17, 15) is 14.7 Å². The molecule has 3 atom stereocenters. The number of nitrogens with one attached hydrogen (secondary N) is 2. The van der Waals surface area contributed by atoms with Gasteiger partial charge in [-0.05, 0) is 36.6 Å². The van der Waals surface area contributed by atoms with Crippen LogP contribution in [0.5, 0.6) is 5.75 Å². The zero-order valence-corrected chi connectivity index (χ0v) is 18.1. The standard InChI is InChI=1S/C20H28ClN5O4/c1-12(2)8-9-22-19-23-17-16(18(28)24-20(29)25(17)3)26(19)10-14(27)11-30-15-6-4-13(21)5-7-15/h4-7,12,14,16-17,27H,8-11H2,1-3H3,(H,22,23)(H,24,28,29). The van der Waals surface area contributed by atoms with Gasteiger partial charge in [-0.15, -0.1) is 0 Å². The molecule has 0 saturated carbocycles. The number of urea groups is 1. The smallest absolute Gasteiger partial charge is 0.325 e. The molecule has 9 nitrogen and oxygen atoms in total. The lowest BCUT2D eigenvalue weighted by Crippen LogP contribution is -2.65. The number of hydrogen-bond donors (Lipinski definition) is 3. The zero-order valence-electron chi connectivity index (χ0n) is 17.3. The minimum absolute atomic E-state index is 0.0329. The van der Waals surface area contributed by atoms with E-state index in [0.717, 1.165) is 6.42 Å². The van der Waals surface area contributed by atoms with Gasteiger partial charge in [0.15, 0.2) is 12.0 Å². The Morgan fingerprint density at radius 3 is 2.63 bits per heavy atom. The molecule has 2 aliphatic heterocycles. The molecule has 30 heavy (non-hydrogen) atoms. The number of nitrogens with zero attached hydrogens (tertiary/aromatic N) is 3. The predicted molar refractivity (Wildman–Crippen MR) is 113 cm³/mol. The molecular weight excluding hydrogens is 410 g/mol. The third-order valence-electron chi connectivity index (χ3n) is 5.05. The fraction of sp³-hybridized carbons (Fsp3) is 0.550. The largest absolute Gasteiger partial charge is 0.491 e. The molecular formula is C20H28ClN5O4. The summed E-state index contributed by atoms with van der Waals surface area (Å²) in [7, 11) is 1.61. The van der Waals surface area contributed by atoms with Gasteiger partial charge in [0.2, 0.25) is 0 Å². The number of β-amino-alcohol motifs (C(OH)–C–C–N with tert-alkyl or cyclic N) is 1. The molecule has 1 aromatic carbocycles. The van der Waals surface area contributed by atoms with Crippen LogP contribution in [0.1, 0.15) is 20.3 Å². The van der Waals surface area contributed by atoms with Crippen molar-refractivity contribution in [2.75, 3.05) is 26.7 Å². The van der Waals surface area contributed by atoms with Crippen molar-refractivity contribution >= 4 is 29.5 Å². The molecule has 2 aliphatic rings. The summed E-state index contributed by atoms with van der Waals surface area (Å²) in [6.07, 6.45) is -0.543. The topological polar surface area (TPSA) is 106 Å². The van der Waals surface area contributed by atoms with Gasteiger partial charge in [-0.1, -0.05) is 25.4 Å². The second kappa shape index (κ2) is 9.53. The maximum absolute atomic E-state index is 12.5. The average molecular weight is 438 g/mol. The predicted octanol–water partition coefficient (Wildman–Crippen LogP) is 1.26.